The van der Waals surface area contributed by atoms with Crippen LogP contribution in [0.2, 0.25) is 0 Å². The highest BCUT2D eigenvalue weighted by molar-refractivity contribution is 7.14. The molecule has 8 heteroatoms. The summed E-state index contributed by atoms with van der Waals surface area (Å²) in [5.74, 6) is 0.576. The van der Waals surface area contributed by atoms with Crippen molar-refractivity contribution in [3.63, 3.8) is 0 Å². The second-order valence-corrected chi connectivity index (χ2v) is 7.52. The Labute approximate surface area is 173 Å². The first kappa shape index (κ1) is 20.6. The first-order chi connectivity index (χ1) is 14.0. The van der Waals surface area contributed by atoms with Crippen molar-refractivity contribution in [2.45, 2.75) is 26.8 Å². The first-order valence-electron chi connectivity index (χ1n) is 9.32. The van der Waals surface area contributed by atoms with Gasteiger partial charge in [-0.15, -0.1) is 11.3 Å². The molecule has 1 aromatic carbocycles. The highest BCUT2D eigenvalue weighted by Crippen LogP contribution is 2.25. The van der Waals surface area contributed by atoms with Crippen molar-refractivity contribution in [2.75, 3.05) is 11.9 Å². The number of nitrogens with zero attached hydrogens (tertiary/aromatic N) is 1. The van der Waals surface area contributed by atoms with Crippen LogP contribution in [0.4, 0.5) is 5.13 Å². The Balaban J connectivity index is 1.65. The zero-order chi connectivity index (χ0) is 20.8. The van der Waals surface area contributed by atoms with Crippen LogP contribution in [-0.4, -0.2) is 29.4 Å². The van der Waals surface area contributed by atoms with Crippen LogP contribution in [-0.2, 0) is 4.79 Å². The van der Waals surface area contributed by atoms with Crippen molar-refractivity contribution in [2.24, 2.45) is 5.92 Å². The molecule has 0 aliphatic heterocycles. The van der Waals surface area contributed by atoms with E-state index < -0.39 is 6.04 Å². The number of hydrogen-bond acceptors (Lipinski definition) is 6. The number of rotatable bonds is 8. The normalized spacial score (nSPS) is 11.9. The van der Waals surface area contributed by atoms with Gasteiger partial charge in [0.1, 0.15) is 17.5 Å². The van der Waals surface area contributed by atoms with Gasteiger partial charge in [-0.1, -0.05) is 13.8 Å². The lowest BCUT2D eigenvalue weighted by Crippen LogP contribution is -2.47. The highest BCUT2D eigenvalue weighted by Gasteiger charge is 2.25. The fourth-order valence-corrected chi connectivity index (χ4v) is 3.38. The summed E-state index contributed by atoms with van der Waals surface area (Å²) in [5.41, 5.74) is 1.11. The molecule has 29 heavy (non-hydrogen) atoms. The topological polar surface area (TPSA) is 93.5 Å². The first-order valence-corrected chi connectivity index (χ1v) is 10.2. The molecule has 0 saturated carbocycles. The summed E-state index contributed by atoms with van der Waals surface area (Å²) >= 11 is 1.30. The Morgan fingerprint density at radius 3 is 2.59 bits per heavy atom. The lowest BCUT2D eigenvalue weighted by Gasteiger charge is -2.21. The number of ether oxygens (including phenoxy) is 1. The minimum absolute atomic E-state index is 0.105. The van der Waals surface area contributed by atoms with Crippen LogP contribution in [0, 0.1) is 5.92 Å². The van der Waals surface area contributed by atoms with Gasteiger partial charge < -0.3 is 19.8 Å². The number of anilines is 1. The fourth-order valence-electron chi connectivity index (χ4n) is 2.68. The molecular formula is C21H23N3O4S. The number of nitrogens with one attached hydrogen (secondary N) is 2. The predicted octanol–water partition coefficient (Wildman–Crippen LogP) is 4.19. The number of amides is 2. The van der Waals surface area contributed by atoms with Crippen LogP contribution < -0.4 is 15.4 Å². The maximum Gasteiger partial charge on any atom is 0.251 e. The molecule has 3 aromatic rings. The quantitative estimate of drug-likeness (QED) is 0.577. The van der Waals surface area contributed by atoms with E-state index in [1.165, 1.54) is 11.3 Å². The Morgan fingerprint density at radius 1 is 1.21 bits per heavy atom. The second-order valence-electron chi connectivity index (χ2n) is 6.66. The van der Waals surface area contributed by atoms with Crippen molar-refractivity contribution >= 4 is 28.3 Å². The van der Waals surface area contributed by atoms with Gasteiger partial charge in [0.15, 0.2) is 10.9 Å². The summed E-state index contributed by atoms with van der Waals surface area (Å²) in [4.78, 5) is 29.7. The lowest BCUT2D eigenvalue weighted by molar-refractivity contribution is -0.118. The SMILES string of the molecule is CCOc1ccc(C(=O)NC(C(=O)Nc2nc(-c3ccco3)cs2)C(C)C)cc1. The van der Waals surface area contributed by atoms with Gasteiger partial charge in [-0.05, 0) is 49.2 Å². The number of carbonyl (C=O) groups excluding carboxylic acids is 2. The van der Waals surface area contributed by atoms with Gasteiger partial charge in [-0.3, -0.25) is 9.59 Å². The van der Waals surface area contributed by atoms with Crippen LogP contribution in [0.5, 0.6) is 5.75 Å². The largest absolute Gasteiger partial charge is 0.494 e. The van der Waals surface area contributed by atoms with E-state index in [0.717, 1.165) is 0 Å². The van der Waals surface area contributed by atoms with Gasteiger partial charge in [-0.2, -0.15) is 0 Å². The smallest absolute Gasteiger partial charge is 0.251 e. The van der Waals surface area contributed by atoms with E-state index in [1.54, 1.807) is 48.0 Å². The molecule has 1 atom stereocenters. The molecular weight excluding hydrogens is 390 g/mol. The predicted molar refractivity (Wildman–Crippen MR) is 112 cm³/mol. The standard InChI is InChI=1S/C21H23N3O4S/c1-4-27-15-9-7-14(8-10-15)19(25)23-18(13(2)3)20(26)24-21-22-16(12-29-21)17-6-5-11-28-17/h5-13,18H,4H2,1-3H3,(H,23,25)(H,22,24,26). The molecule has 0 aliphatic carbocycles. The second kappa shape index (κ2) is 9.38. The van der Waals surface area contributed by atoms with Crippen LogP contribution in [0.3, 0.4) is 0 Å². The van der Waals surface area contributed by atoms with E-state index in [-0.39, 0.29) is 17.7 Å². The number of aromatic nitrogens is 1. The molecule has 0 bridgehead atoms. The summed E-state index contributed by atoms with van der Waals surface area (Å²) in [7, 11) is 0. The van der Waals surface area contributed by atoms with Gasteiger partial charge in [0.05, 0.1) is 12.9 Å². The highest BCUT2D eigenvalue weighted by atomic mass is 32.1. The van der Waals surface area contributed by atoms with Crippen LogP contribution >= 0.6 is 11.3 Å². The Morgan fingerprint density at radius 2 is 1.97 bits per heavy atom. The maximum absolute atomic E-state index is 12.8. The molecule has 3 rings (SSSR count). The van der Waals surface area contributed by atoms with E-state index in [1.807, 2.05) is 20.8 Å². The zero-order valence-corrected chi connectivity index (χ0v) is 17.3. The summed E-state index contributed by atoms with van der Waals surface area (Å²) < 4.78 is 10.7. The molecule has 7 nitrogen and oxygen atoms in total. The number of carbonyl (C=O) groups is 2. The van der Waals surface area contributed by atoms with Crippen molar-refractivity contribution < 1.29 is 18.7 Å². The molecule has 2 amide bonds. The van der Waals surface area contributed by atoms with Crippen molar-refractivity contribution in [3.8, 4) is 17.2 Å². The lowest BCUT2D eigenvalue weighted by atomic mass is 10.0. The third-order valence-corrected chi connectivity index (χ3v) is 4.93. The third kappa shape index (κ3) is 5.23. The van der Waals surface area contributed by atoms with Crippen molar-refractivity contribution in [1.82, 2.24) is 10.3 Å². The summed E-state index contributed by atoms with van der Waals surface area (Å²) in [6, 6.07) is 9.68. The minimum atomic E-state index is -0.704. The Bertz CT molecular complexity index is 949. The van der Waals surface area contributed by atoms with Crippen molar-refractivity contribution in [3.05, 3.63) is 53.6 Å². The van der Waals surface area contributed by atoms with Crippen LogP contribution in [0.1, 0.15) is 31.1 Å². The molecule has 2 heterocycles. The summed E-state index contributed by atoms with van der Waals surface area (Å²) in [6.45, 7) is 6.20. The van der Waals surface area contributed by atoms with Gasteiger partial charge in [0.2, 0.25) is 5.91 Å². The van der Waals surface area contributed by atoms with E-state index in [9.17, 15) is 9.59 Å². The molecule has 2 N–H and O–H groups in total. The maximum atomic E-state index is 12.8. The number of thiazole rings is 1. The third-order valence-electron chi connectivity index (χ3n) is 4.17. The van der Waals surface area contributed by atoms with E-state index in [0.29, 0.717) is 34.5 Å². The number of benzene rings is 1. The van der Waals surface area contributed by atoms with Crippen LogP contribution in [0.15, 0.2) is 52.5 Å². The van der Waals surface area contributed by atoms with Gasteiger partial charge >= 0.3 is 0 Å². The van der Waals surface area contributed by atoms with Gasteiger partial charge in [0, 0.05) is 10.9 Å². The Kier molecular flexibility index (Phi) is 6.66. The summed E-state index contributed by atoms with van der Waals surface area (Å²) in [5, 5.41) is 7.84. The summed E-state index contributed by atoms with van der Waals surface area (Å²) in [6.07, 6.45) is 1.57. The Hall–Kier alpha value is -3.13. The molecule has 152 valence electrons. The molecule has 1 unspecified atom stereocenters. The zero-order valence-electron chi connectivity index (χ0n) is 16.5. The molecule has 2 aromatic heterocycles. The van der Waals surface area contributed by atoms with Crippen LogP contribution in [0.25, 0.3) is 11.5 Å². The molecule has 0 saturated heterocycles. The molecule has 0 fully saturated rings. The molecule has 0 radical (unpaired) electrons. The average Bonchev–Trinajstić information content (AvgIpc) is 3.38. The fraction of sp³-hybridized carbons (Fsp3) is 0.286. The van der Waals surface area contributed by atoms with Gasteiger partial charge in [0.25, 0.3) is 5.91 Å². The molecule has 0 aliphatic rings. The van der Waals surface area contributed by atoms with Gasteiger partial charge in [-0.25, -0.2) is 4.98 Å². The van der Waals surface area contributed by atoms with E-state index in [4.69, 9.17) is 9.15 Å². The molecule has 0 spiro atoms. The van der Waals surface area contributed by atoms with E-state index >= 15 is 0 Å². The number of furan rings is 1. The minimum Gasteiger partial charge on any atom is -0.494 e. The van der Waals surface area contributed by atoms with E-state index in [2.05, 4.69) is 15.6 Å². The number of hydrogen-bond donors (Lipinski definition) is 2. The average molecular weight is 413 g/mol. The van der Waals surface area contributed by atoms with Crippen molar-refractivity contribution in [1.29, 1.82) is 0 Å². The monoisotopic (exact) mass is 413 g/mol.